The van der Waals surface area contributed by atoms with Gasteiger partial charge in [0.25, 0.3) is 10.2 Å². The Kier molecular flexibility index (Phi) is 6.06. The third kappa shape index (κ3) is 5.01. The van der Waals surface area contributed by atoms with Crippen LogP contribution in [0.1, 0.15) is 5.56 Å². The van der Waals surface area contributed by atoms with Crippen LogP contribution < -0.4 is 14.8 Å². The molecule has 1 aromatic carbocycles. The van der Waals surface area contributed by atoms with Crippen LogP contribution in [0, 0.1) is 0 Å². The highest BCUT2D eigenvalue weighted by Crippen LogP contribution is 2.15. The van der Waals surface area contributed by atoms with E-state index in [0.717, 1.165) is 5.56 Å². The average Bonchev–Trinajstić information content (AvgIpc) is 2.32. The SMILES string of the molecule is CNCc1ccccc1NS(=O)(=O)NCCOC. The van der Waals surface area contributed by atoms with Crippen molar-refractivity contribution in [3.05, 3.63) is 29.8 Å². The lowest BCUT2D eigenvalue weighted by Crippen LogP contribution is -2.33. The minimum absolute atomic E-state index is 0.236. The quantitative estimate of drug-likeness (QED) is 0.595. The lowest BCUT2D eigenvalue weighted by Gasteiger charge is -2.12. The maximum absolute atomic E-state index is 11.7. The molecule has 0 heterocycles. The van der Waals surface area contributed by atoms with Crippen molar-refractivity contribution in [3.8, 4) is 0 Å². The van der Waals surface area contributed by atoms with Gasteiger partial charge in [0.2, 0.25) is 0 Å². The molecule has 3 N–H and O–H groups in total. The van der Waals surface area contributed by atoms with Gasteiger partial charge in [0.1, 0.15) is 0 Å². The average molecular weight is 273 g/mol. The number of nitrogens with one attached hydrogen (secondary N) is 3. The van der Waals surface area contributed by atoms with Crippen molar-refractivity contribution in [1.82, 2.24) is 10.0 Å². The molecule has 18 heavy (non-hydrogen) atoms. The van der Waals surface area contributed by atoms with E-state index in [9.17, 15) is 8.42 Å². The monoisotopic (exact) mass is 273 g/mol. The number of benzene rings is 1. The van der Waals surface area contributed by atoms with Crippen LogP contribution in [0.4, 0.5) is 5.69 Å². The minimum atomic E-state index is -3.56. The third-order valence-electron chi connectivity index (χ3n) is 2.23. The zero-order chi connectivity index (χ0) is 13.4. The van der Waals surface area contributed by atoms with Gasteiger partial charge in [-0.1, -0.05) is 18.2 Å². The van der Waals surface area contributed by atoms with E-state index in [2.05, 4.69) is 14.8 Å². The van der Waals surface area contributed by atoms with Crippen molar-refractivity contribution < 1.29 is 13.2 Å². The molecule has 102 valence electrons. The number of hydrogen-bond donors (Lipinski definition) is 3. The summed E-state index contributed by atoms with van der Waals surface area (Å²) in [5, 5.41) is 2.99. The summed E-state index contributed by atoms with van der Waals surface area (Å²) >= 11 is 0. The van der Waals surface area contributed by atoms with Crippen LogP contribution in [-0.2, 0) is 21.5 Å². The standard InChI is InChI=1S/C11H19N3O3S/c1-12-9-10-5-3-4-6-11(10)14-18(15,16)13-7-8-17-2/h3-6,12-14H,7-9H2,1-2H3. The highest BCUT2D eigenvalue weighted by Gasteiger charge is 2.11. The smallest absolute Gasteiger partial charge is 0.299 e. The molecule has 0 saturated heterocycles. The molecule has 0 spiro atoms. The van der Waals surface area contributed by atoms with Crippen LogP contribution in [-0.4, -0.2) is 35.7 Å². The third-order valence-corrected chi connectivity index (χ3v) is 3.30. The fraction of sp³-hybridized carbons (Fsp3) is 0.455. The first-order valence-electron chi connectivity index (χ1n) is 5.58. The summed E-state index contributed by atoms with van der Waals surface area (Å²) in [5.41, 5.74) is 1.45. The molecule has 1 aromatic rings. The van der Waals surface area contributed by atoms with Gasteiger partial charge >= 0.3 is 0 Å². The Morgan fingerprint density at radius 1 is 1.28 bits per heavy atom. The summed E-state index contributed by atoms with van der Waals surface area (Å²) in [6, 6.07) is 7.24. The maximum atomic E-state index is 11.7. The molecule has 7 heteroatoms. The van der Waals surface area contributed by atoms with Gasteiger partial charge < -0.3 is 10.1 Å². The molecule has 0 fully saturated rings. The molecule has 0 atom stereocenters. The van der Waals surface area contributed by atoms with Crippen molar-refractivity contribution in [1.29, 1.82) is 0 Å². The Morgan fingerprint density at radius 2 is 2.00 bits per heavy atom. The van der Waals surface area contributed by atoms with Gasteiger partial charge in [-0.15, -0.1) is 0 Å². The molecule has 1 rings (SSSR count). The van der Waals surface area contributed by atoms with E-state index in [1.54, 1.807) is 12.1 Å². The molecule has 0 unspecified atom stereocenters. The molecule has 0 amide bonds. The van der Waals surface area contributed by atoms with E-state index < -0.39 is 10.2 Å². The Labute approximate surface area is 108 Å². The number of para-hydroxylation sites is 1. The number of ether oxygens (including phenoxy) is 1. The second-order valence-electron chi connectivity index (χ2n) is 3.68. The predicted molar refractivity (Wildman–Crippen MR) is 71.6 cm³/mol. The van der Waals surface area contributed by atoms with Gasteiger partial charge in [0, 0.05) is 20.2 Å². The summed E-state index contributed by atoms with van der Waals surface area (Å²) < 4.78 is 33.1. The molecule has 6 nitrogen and oxygen atoms in total. The zero-order valence-electron chi connectivity index (χ0n) is 10.6. The summed E-state index contributed by atoms with van der Waals surface area (Å²) in [6.45, 7) is 1.16. The Hall–Kier alpha value is -1.15. The second kappa shape index (κ2) is 7.32. The van der Waals surface area contributed by atoms with Gasteiger partial charge in [-0.3, -0.25) is 4.72 Å². The Balaban J connectivity index is 2.71. The molecule has 0 aliphatic carbocycles. The van der Waals surface area contributed by atoms with E-state index in [0.29, 0.717) is 18.8 Å². The number of anilines is 1. The highest BCUT2D eigenvalue weighted by molar-refractivity contribution is 7.90. The van der Waals surface area contributed by atoms with Crippen LogP contribution in [0.25, 0.3) is 0 Å². The van der Waals surface area contributed by atoms with Gasteiger partial charge in [-0.2, -0.15) is 13.1 Å². The van der Waals surface area contributed by atoms with Crippen molar-refractivity contribution in [2.24, 2.45) is 0 Å². The van der Waals surface area contributed by atoms with Gasteiger partial charge in [0.15, 0.2) is 0 Å². The highest BCUT2D eigenvalue weighted by atomic mass is 32.2. The van der Waals surface area contributed by atoms with E-state index in [4.69, 9.17) is 4.74 Å². The Morgan fingerprint density at radius 3 is 2.67 bits per heavy atom. The molecular weight excluding hydrogens is 254 g/mol. The zero-order valence-corrected chi connectivity index (χ0v) is 11.4. The molecular formula is C11H19N3O3S. The van der Waals surface area contributed by atoms with Gasteiger partial charge in [0.05, 0.1) is 12.3 Å². The molecule has 0 radical (unpaired) electrons. The second-order valence-corrected chi connectivity index (χ2v) is 5.18. The predicted octanol–water partition coefficient (Wildman–Crippen LogP) is 0.299. The van der Waals surface area contributed by atoms with E-state index in [1.807, 2.05) is 19.2 Å². The number of methoxy groups -OCH3 is 1. The van der Waals surface area contributed by atoms with Crippen molar-refractivity contribution in [2.45, 2.75) is 6.54 Å². The maximum Gasteiger partial charge on any atom is 0.299 e. The molecule has 0 aliphatic heterocycles. The first-order chi connectivity index (χ1) is 8.59. The fourth-order valence-corrected chi connectivity index (χ4v) is 2.34. The molecule has 0 bridgehead atoms. The normalized spacial score (nSPS) is 11.4. The summed E-state index contributed by atoms with van der Waals surface area (Å²) in [5.74, 6) is 0. The number of rotatable bonds is 8. The lowest BCUT2D eigenvalue weighted by molar-refractivity contribution is 0.204. The van der Waals surface area contributed by atoms with Crippen LogP contribution in [0.5, 0.6) is 0 Å². The molecule has 0 aromatic heterocycles. The largest absolute Gasteiger partial charge is 0.383 e. The van der Waals surface area contributed by atoms with Crippen molar-refractivity contribution in [3.63, 3.8) is 0 Å². The summed E-state index contributed by atoms with van der Waals surface area (Å²) in [7, 11) is -0.230. The summed E-state index contributed by atoms with van der Waals surface area (Å²) in [6.07, 6.45) is 0. The first-order valence-corrected chi connectivity index (χ1v) is 7.06. The minimum Gasteiger partial charge on any atom is -0.383 e. The Bertz CT molecular complexity index is 462. The van der Waals surface area contributed by atoms with Crippen LogP contribution in [0.15, 0.2) is 24.3 Å². The lowest BCUT2D eigenvalue weighted by atomic mass is 10.2. The molecule has 0 saturated carbocycles. The van der Waals surface area contributed by atoms with E-state index in [-0.39, 0.29) is 6.54 Å². The topological polar surface area (TPSA) is 79.5 Å². The van der Waals surface area contributed by atoms with Gasteiger partial charge in [-0.25, -0.2) is 0 Å². The van der Waals surface area contributed by atoms with Crippen molar-refractivity contribution >= 4 is 15.9 Å². The fourth-order valence-electron chi connectivity index (χ4n) is 1.42. The van der Waals surface area contributed by atoms with Crippen LogP contribution in [0.2, 0.25) is 0 Å². The van der Waals surface area contributed by atoms with E-state index >= 15 is 0 Å². The molecule has 0 aliphatic rings. The van der Waals surface area contributed by atoms with Crippen LogP contribution in [0.3, 0.4) is 0 Å². The van der Waals surface area contributed by atoms with Crippen LogP contribution >= 0.6 is 0 Å². The van der Waals surface area contributed by atoms with Gasteiger partial charge in [-0.05, 0) is 18.7 Å². The number of hydrogen-bond acceptors (Lipinski definition) is 4. The van der Waals surface area contributed by atoms with E-state index in [1.165, 1.54) is 7.11 Å². The first kappa shape index (κ1) is 14.9. The van der Waals surface area contributed by atoms with Crippen molar-refractivity contribution in [2.75, 3.05) is 32.0 Å². The summed E-state index contributed by atoms with van der Waals surface area (Å²) in [4.78, 5) is 0.